The smallest absolute Gasteiger partial charge is 0.398 e. The zero-order chi connectivity index (χ0) is 21.8. The molecule has 1 aliphatic heterocycles. The van der Waals surface area contributed by atoms with E-state index >= 15 is 0 Å². The number of rotatable bonds is 2. The molecule has 0 N–H and O–H groups in total. The summed E-state index contributed by atoms with van der Waals surface area (Å²) in [5, 5.41) is 1.09. The highest BCUT2D eigenvalue weighted by atomic mass is 16.4. The highest BCUT2D eigenvalue weighted by molar-refractivity contribution is 6.80. The van der Waals surface area contributed by atoms with Crippen molar-refractivity contribution in [3.05, 3.63) is 84.0 Å². The van der Waals surface area contributed by atoms with Crippen molar-refractivity contribution in [2.24, 2.45) is 7.05 Å². The maximum Gasteiger partial charge on any atom is 0.398 e. The number of hydrogen-bond donors (Lipinski definition) is 0. The molecule has 0 amide bonds. The number of nitrogens with zero attached hydrogens (tertiary/aromatic N) is 2. The van der Waals surface area contributed by atoms with Crippen molar-refractivity contribution < 1.29 is 13.1 Å². The molecule has 2 aromatic carbocycles. The Bertz CT molecular complexity index is 1310. The van der Waals surface area contributed by atoms with Gasteiger partial charge in [0.2, 0.25) is 0 Å². The van der Waals surface area contributed by atoms with Gasteiger partial charge in [-0.05, 0) is 31.1 Å². The topological polar surface area (TPSA) is 20.3 Å². The number of fused-ring (bicyclic) bond motifs is 3. The van der Waals surface area contributed by atoms with Crippen molar-refractivity contribution in [1.29, 1.82) is 0 Å². The van der Waals surface area contributed by atoms with Crippen LogP contribution in [-0.2, 0) is 7.05 Å². The lowest BCUT2D eigenvalue weighted by Crippen LogP contribution is -2.60. The maximum absolute atomic E-state index is 8.05. The first-order valence-electron chi connectivity index (χ1n) is 10.9. The van der Waals surface area contributed by atoms with Gasteiger partial charge >= 0.3 is 6.85 Å². The Labute approximate surface area is 169 Å². The standard InChI is InChI=1S/C24H22BN2O/c1-17-16-26(2)23(15-21(17)18-9-5-4-6-10-18)25-14-13-20-19-11-7-8-12-22(19)28-24(20)27(25)3/h4-16H,1-3H3/q+1/i1D3. The fourth-order valence-electron chi connectivity index (χ4n) is 4.03. The third-order valence-corrected chi connectivity index (χ3v) is 5.50. The molecule has 5 rings (SSSR count). The van der Waals surface area contributed by atoms with Crippen LogP contribution >= 0.6 is 0 Å². The van der Waals surface area contributed by atoms with Crippen LogP contribution in [0.2, 0.25) is 0 Å². The van der Waals surface area contributed by atoms with Crippen LogP contribution in [0.1, 0.15) is 15.2 Å². The van der Waals surface area contributed by atoms with Crippen molar-refractivity contribution in [2.45, 2.75) is 6.85 Å². The predicted octanol–water partition coefficient (Wildman–Crippen LogP) is 4.13. The van der Waals surface area contributed by atoms with E-state index in [4.69, 9.17) is 8.53 Å². The molecule has 0 atom stereocenters. The van der Waals surface area contributed by atoms with Crippen LogP contribution in [-0.4, -0.2) is 13.9 Å². The molecule has 0 unspecified atom stereocenters. The summed E-state index contributed by atoms with van der Waals surface area (Å²) in [6.45, 7) is -2.30. The van der Waals surface area contributed by atoms with E-state index in [1.54, 1.807) is 6.20 Å². The lowest BCUT2D eigenvalue weighted by molar-refractivity contribution is -0.654. The second-order valence-electron chi connectivity index (χ2n) is 7.23. The monoisotopic (exact) mass is 368 g/mol. The molecular formula is C24H22BN2O+. The van der Waals surface area contributed by atoms with Gasteiger partial charge in [-0.15, -0.1) is 0 Å². The van der Waals surface area contributed by atoms with Gasteiger partial charge in [-0.1, -0.05) is 60.6 Å². The molecule has 0 saturated carbocycles. The maximum atomic E-state index is 8.05. The molecule has 1 aliphatic rings. The molecule has 3 heterocycles. The van der Waals surface area contributed by atoms with Gasteiger partial charge in [0, 0.05) is 26.7 Å². The summed E-state index contributed by atoms with van der Waals surface area (Å²) in [5.41, 5.74) is 4.87. The van der Waals surface area contributed by atoms with Gasteiger partial charge in [0.1, 0.15) is 12.6 Å². The molecule has 4 heteroatoms. The number of aryl methyl sites for hydroxylation is 2. The highest BCUT2D eigenvalue weighted by Gasteiger charge is 2.35. The Morgan fingerprint density at radius 1 is 1.07 bits per heavy atom. The minimum atomic E-state index is -2.21. The summed E-state index contributed by atoms with van der Waals surface area (Å²) >= 11 is 0. The number of hydrogen-bond acceptors (Lipinski definition) is 2. The van der Waals surface area contributed by atoms with Crippen LogP contribution in [0.3, 0.4) is 0 Å². The molecule has 4 aromatic rings. The third kappa shape index (κ3) is 2.56. The van der Waals surface area contributed by atoms with E-state index < -0.39 is 6.85 Å². The third-order valence-electron chi connectivity index (χ3n) is 5.50. The number of aromatic nitrogens is 1. The quantitative estimate of drug-likeness (QED) is 0.392. The number of para-hydroxylation sites is 1. The largest absolute Gasteiger partial charge is 0.441 e. The normalized spacial score (nSPS) is 15.3. The summed E-state index contributed by atoms with van der Waals surface area (Å²) < 4.78 is 32.2. The van der Waals surface area contributed by atoms with Gasteiger partial charge in [0.05, 0.1) is 0 Å². The Hall–Kier alpha value is -3.27. The molecule has 28 heavy (non-hydrogen) atoms. The molecule has 2 aromatic heterocycles. The highest BCUT2D eigenvalue weighted by Crippen LogP contribution is 2.36. The predicted molar refractivity (Wildman–Crippen MR) is 117 cm³/mol. The van der Waals surface area contributed by atoms with Crippen LogP contribution in [0.15, 0.2) is 77.3 Å². The lowest BCUT2D eigenvalue weighted by atomic mass is 9.55. The first-order valence-corrected chi connectivity index (χ1v) is 9.36. The average Bonchev–Trinajstić information content (AvgIpc) is 3.14. The Kier molecular flexibility index (Phi) is 3.17. The van der Waals surface area contributed by atoms with Crippen molar-refractivity contribution in [2.75, 3.05) is 11.9 Å². The van der Waals surface area contributed by atoms with Gasteiger partial charge in [0.15, 0.2) is 17.7 Å². The van der Waals surface area contributed by atoms with E-state index in [1.807, 2.05) is 73.3 Å². The van der Waals surface area contributed by atoms with Crippen molar-refractivity contribution in [1.82, 2.24) is 0 Å². The van der Waals surface area contributed by atoms with Crippen LogP contribution < -0.4 is 15.0 Å². The van der Waals surface area contributed by atoms with Gasteiger partial charge in [-0.3, -0.25) is 0 Å². The molecule has 0 spiro atoms. The number of anilines is 1. The zero-order valence-electron chi connectivity index (χ0n) is 18.9. The van der Waals surface area contributed by atoms with Crippen LogP contribution in [0.25, 0.3) is 28.2 Å². The number of pyridine rings is 1. The van der Waals surface area contributed by atoms with E-state index in [-0.39, 0.29) is 6.85 Å². The molecule has 0 aliphatic carbocycles. The minimum Gasteiger partial charge on any atom is -0.441 e. The Morgan fingerprint density at radius 2 is 1.86 bits per heavy atom. The summed E-state index contributed by atoms with van der Waals surface area (Å²) in [7, 11) is 3.91. The van der Waals surface area contributed by atoms with E-state index in [2.05, 4.69) is 22.9 Å². The van der Waals surface area contributed by atoms with E-state index in [9.17, 15) is 0 Å². The van der Waals surface area contributed by atoms with E-state index in [1.165, 1.54) is 0 Å². The van der Waals surface area contributed by atoms with Gasteiger partial charge in [-0.25, -0.2) is 4.57 Å². The molecule has 0 bridgehead atoms. The second-order valence-corrected chi connectivity index (χ2v) is 7.23. The number of benzene rings is 2. The van der Waals surface area contributed by atoms with E-state index in [0.29, 0.717) is 5.56 Å². The fourth-order valence-corrected chi connectivity index (χ4v) is 4.03. The van der Waals surface area contributed by atoms with Crippen LogP contribution in [0.5, 0.6) is 0 Å². The molecule has 0 saturated heterocycles. The number of furan rings is 1. The van der Waals surface area contributed by atoms with Gasteiger partial charge < -0.3 is 9.23 Å². The Morgan fingerprint density at radius 3 is 2.68 bits per heavy atom. The molecule has 136 valence electrons. The first-order chi connectivity index (χ1) is 14.8. The molecule has 0 radical (unpaired) electrons. The Balaban J connectivity index is 1.66. The van der Waals surface area contributed by atoms with Gasteiger partial charge in [-0.2, -0.15) is 0 Å². The SMILES string of the molecule is [2H]C([2H])([2H])c1c[n+](C)c(B2C=Cc3c(oc4ccccc34)N2C)cc1-c1ccccc1. The summed E-state index contributed by atoms with van der Waals surface area (Å²) in [5.74, 6) is 2.96. The second kappa shape index (κ2) is 6.41. The lowest BCUT2D eigenvalue weighted by Gasteiger charge is -2.25. The van der Waals surface area contributed by atoms with Crippen molar-refractivity contribution in [3.8, 4) is 11.1 Å². The molecule has 3 nitrogen and oxygen atoms in total. The summed E-state index contributed by atoms with van der Waals surface area (Å²) in [4.78, 5) is 2.11. The fraction of sp³-hybridized carbons (Fsp3) is 0.125. The zero-order valence-corrected chi connectivity index (χ0v) is 15.9. The minimum absolute atomic E-state index is 0.0915. The summed E-state index contributed by atoms with van der Waals surface area (Å²) in [6, 6.07) is 19.7. The van der Waals surface area contributed by atoms with E-state index in [0.717, 1.165) is 39.1 Å². The first kappa shape index (κ1) is 13.8. The van der Waals surface area contributed by atoms with Crippen LogP contribution in [0.4, 0.5) is 5.88 Å². The summed E-state index contributed by atoms with van der Waals surface area (Å²) in [6.07, 6.45) is 3.84. The average molecular weight is 368 g/mol. The van der Waals surface area contributed by atoms with Crippen molar-refractivity contribution >= 4 is 35.4 Å². The molecular weight excluding hydrogens is 343 g/mol. The van der Waals surface area contributed by atoms with Crippen molar-refractivity contribution in [3.63, 3.8) is 0 Å². The molecule has 0 fully saturated rings. The van der Waals surface area contributed by atoms with Crippen LogP contribution in [0, 0.1) is 6.85 Å². The van der Waals surface area contributed by atoms with Gasteiger partial charge in [0.25, 0.3) is 0 Å².